The van der Waals surface area contributed by atoms with Gasteiger partial charge in [0.15, 0.2) is 5.82 Å². The Morgan fingerprint density at radius 2 is 0.921 bits per heavy atom. The SMILES string of the molecule is c1ccc(-c2cc(-c3cccc(-c4ccc(-n5c6ccccc6c6c5ccc5c7c8oc9ccccc9c8ccc7n(-c7ccccc7)c56)cc4)c3)nc(-c3ccccc3)n2)cc1. The molecule has 0 aliphatic heterocycles. The Morgan fingerprint density at radius 3 is 1.70 bits per heavy atom. The molecule has 13 rings (SSSR count). The van der Waals surface area contributed by atoms with Crippen molar-refractivity contribution in [2.75, 3.05) is 0 Å². The first-order valence-corrected chi connectivity index (χ1v) is 21.3. The summed E-state index contributed by atoms with van der Waals surface area (Å²) in [6.07, 6.45) is 0. The largest absolute Gasteiger partial charge is 0.455 e. The third-order valence-corrected chi connectivity index (χ3v) is 12.5. The van der Waals surface area contributed by atoms with Gasteiger partial charge in [0.2, 0.25) is 0 Å². The van der Waals surface area contributed by atoms with Crippen LogP contribution < -0.4 is 0 Å². The van der Waals surface area contributed by atoms with Crippen molar-refractivity contribution in [1.29, 1.82) is 0 Å². The number of benzene rings is 9. The third kappa shape index (κ3) is 5.57. The molecule has 0 bridgehead atoms. The fourth-order valence-electron chi connectivity index (χ4n) is 9.67. The Labute approximate surface area is 362 Å². The minimum atomic E-state index is 0.706. The van der Waals surface area contributed by atoms with Crippen LogP contribution in [0.4, 0.5) is 0 Å². The van der Waals surface area contributed by atoms with Crippen LogP contribution in [-0.2, 0) is 0 Å². The summed E-state index contributed by atoms with van der Waals surface area (Å²) >= 11 is 0. The van der Waals surface area contributed by atoms with Crippen molar-refractivity contribution in [3.63, 3.8) is 0 Å². The number of hydrogen-bond donors (Lipinski definition) is 0. The predicted molar refractivity (Wildman–Crippen MR) is 260 cm³/mol. The van der Waals surface area contributed by atoms with Gasteiger partial charge in [0.05, 0.1) is 38.8 Å². The molecule has 4 heterocycles. The molecule has 0 saturated heterocycles. The summed E-state index contributed by atoms with van der Waals surface area (Å²) in [5.74, 6) is 0.706. The van der Waals surface area contributed by atoms with Gasteiger partial charge in [0.25, 0.3) is 0 Å². The second-order valence-corrected chi connectivity index (χ2v) is 16.1. The van der Waals surface area contributed by atoms with Gasteiger partial charge < -0.3 is 13.6 Å². The molecule has 0 aliphatic carbocycles. The van der Waals surface area contributed by atoms with Crippen molar-refractivity contribution in [2.45, 2.75) is 0 Å². The van der Waals surface area contributed by atoms with E-state index in [1.807, 2.05) is 42.5 Å². The van der Waals surface area contributed by atoms with Gasteiger partial charge in [0.1, 0.15) is 11.2 Å². The molecular weight excluding hydrogens is 769 g/mol. The van der Waals surface area contributed by atoms with Crippen molar-refractivity contribution in [1.82, 2.24) is 19.1 Å². The van der Waals surface area contributed by atoms with Gasteiger partial charge >= 0.3 is 0 Å². The molecule has 0 aliphatic rings. The maximum Gasteiger partial charge on any atom is 0.160 e. The smallest absolute Gasteiger partial charge is 0.160 e. The zero-order valence-corrected chi connectivity index (χ0v) is 34.0. The van der Waals surface area contributed by atoms with E-state index < -0.39 is 0 Å². The van der Waals surface area contributed by atoms with E-state index in [9.17, 15) is 0 Å². The molecule has 4 aromatic heterocycles. The molecule has 0 unspecified atom stereocenters. The lowest BCUT2D eigenvalue weighted by Crippen LogP contribution is -1.96. The van der Waals surface area contributed by atoms with E-state index in [-0.39, 0.29) is 0 Å². The Morgan fingerprint density at radius 1 is 0.333 bits per heavy atom. The number of rotatable bonds is 6. The van der Waals surface area contributed by atoms with Crippen LogP contribution in [0.25, 0.3) is 122 Å². The molecule has 5 nitrogen and oxygen atoms in total. The number of aromatic nitrogens is 4. The molecule has 0 atom stereocenters. The topological polar surface area (TPSA) is 48.8 Å². The van der Waals surface area contributed by atoms with Crippen LogP contribution >= 0.6 is 0 Å². The van der Waals surface area contributed by atoms with Gasteiger partial charge in [-0.05, 0) is 83.9 Å². The molecule has 5 heteroatoms. The highest BCUT2D eigenvalue weighted by Gasteiger charge is 2.24. The van der Waals surface area contributed by atoms with E-state index in [0.29, 0.717) is 5.82 Å². The van der Waals surface area contributed by atoms with Crippen LogP contribution in [0, 0.1) is 0 Å². The molecule has 0 radical (unpaired) electrons. The highest BCUT2D eigenvalue weighted by molar-refractivity contribution is 6.31. The summed E-state index contributed by atoms with van der Waals surface area (Å²) in [6, 6.07) is 77.1. The molecule has 9 aromatic carbocycles. The fraction of sp³-hybridized carbons (Fsp3) is 0. The van der Waals surface area contributed by atoms with Crippen LogP contribution in [0.5, 0.6) is 0 Å². The van der Waals surface area contributed by atoms with Gasteiger partial charge in [0, 0.05) is 55.0 Å². The number of fused-ring (bicyclic) bond motifs is 11. The molecule has 63 heavy (non-hydrogen) atoms. The standard InChI is InChI=1S/C58H36N4O/c1-4-15-38(16-5-1)48-36-49(60-58(59-48)39-17-6-2-7-18-39)41-20-14-19-40(35-41)37-27-29-43(30-28-37)61-50-25-12-10-24-46(50)54-51(61)34-32-47-55-52(62(56(47)54)42-21-8-3-9-22-42)33-31-45-44-23-11-13-26-53(44)63-57(45)55/h1-36H. The Kier molecular flexibility index (Phi) is 7.84. The van der Waals surface area contributed by atoms with Crippen molar-refractivity contribution in [3.05, 3.63) is 218 Å². The number of hydrogen-bond acceptors (Lipinski definition) is 3. The van der Waals surface area contributed by atoms with E-state index in [0.717, 1.165) is 94.5 Å². The second-order valence-electron chi connectivity index (χ2n) is 16.1. The van der Waals surface area contributed by atoms with E-state index in [4.69, 9.17) is 14.4 Å². The van der Waals surface area contributed by atoms with Gasteiger partial charge in [-0.15, -0.1) is 0 Å². The van der Waals surface area contributed by atoms with Gasteiger partial charge in [-0.2, -0.15) is 0 Å². The summed E-state index contributed by atoms with van der Waals surface area (Å²) in [4.78, 5) is 10.1. The van der Waals surface area contributed by atoms with E-state index >= 15 is 0 Å². The van der Waals surface area contributed by atoms with E-state index in [1.54, 1.807) is 0 Å². The average Bonchev–Trinajstić information content (AvgIpc) is 4.02. The molecule has 294 valence electrons. The molecule has 0 amide bonds. The summed E-state index contributed by atoms with van der Waals surface area (Å²) in [5, 5.41) is 6.96. The molecule has 0 N–H and O–H groups in total. The number of nitrogens with zero attached hydrogens (tertiary/aromatic N) is 4. The highest BCUT2D eigenvalue weighted by Crippen LogP contribution is 2.45. The highest BCUT2D eigenvalue weighted by atomic mass is 16.3. The minimum absolute atomic E-state index is 0.706. The predicted octanol–water partition coefficient (Wildman–Crippen LogP) is 15.2. The van der Waals surface area contributed by atoms with Gasteiger partial charge in [-0.25, -0.2) is 9.97 Å². The van der Waals surface area contributed by atoms with Crippen LogP contribution in [0.15, 0.2) is 223 Å². The molecule has 13 aromatic rings. The zero-order valence-electron chi connectivity index (χ0n) is 34.0. The Hall–Kier alpha value is -8.54. The minimum Gasteiger partial charge on any atom is -0.455 e. The quantitative estimate of drug-likeness (QED) is 0.168. The first-order valence-electron chi connectivity index (χ1n) is 21.3. The van der Waals surface area contributed by atoms with Gasteiger partial charge in [-0.3, -0.25) is 0 Å². The number of furan rings is 1. The molecule has 0 saturated carbocycles. The lowest BCUT2D eigenvalue weighted by molar-refractivity contribution is 0.673. The third-order valence-electron chi connectivity index (χ3n) is 12.5. The zero-order chi connectivity index (χ0) is 41.4. The van der Waals surface area contributed by atoms with E-state index in [2.05, 4.69) is 185 Å². The maximum absolute atomic E-state index is 6.70. The maximum atomic E-state index is 6.70. The summed E-state index contributed by atoms with van der Waals surface area (Å²) in [7, 11) is 0. The van der Waals surface area contributed by atoms with Crippen molar-refractivity contribution in [3.8, 4) is 56.4 Å². The fourth-order valence-corrected chi connectivity index (χ4v) is 9.67. The second kappa shape index (κ2) is 14.0. The van der Waals surface area contributed by atoms with Gasteiger partial charge in [-0.1, -0.05) is 146 Å². The van der Waals surface area contributed by atoms with Crippen molar-refractivity contribution in [2.24, 2.45) is 0 Å². The lowest BCUT2D eigenvalue weighted by atomic mass is 10.0. The van der Waals surface area contributed by atoms with E-state index in [1.165, 1.54) is 21.7 Å². The Bertz CT molecular complexity index is 3820. The van der Waals surface area contributed by atoms with Crippen LogP contribution in [0.3, 0.4) is 0 Å². The molecule has 0 fully saturated rings. The lowest BCUT2D eigenvalue weighted by Gasteiger charge is -2.12. The van der Waals surface area contributed by atoms with Crippen molar-refractivity contribution < 1.29 is 4.42 Å². The number of para-hydroxylation sites is 3. The first-order chi connectivity index (χ1) is 31.2. The molecule has 0 spiro atoms. The summed E-state index contributed by atoms with van der Waals surface area (Å²) < 4.78 is 11.5. The summed E-state index contributed by atoms with van der Waals surface area (Å²) in [5.41, 5.74) is 15.7. The van der Waals surface area contributed by atoms with Crippen LogP contribution in [-0.4, -0.2) is 19.1 Å². The van der Waals surface area contributed by atoms with Crippen molar-refractivity contribution >= 4 is 65.6 Å². The monoisotopic (exact) mass is 804 g/mol. The summed E-state index contributed by atoms with van der Waals surface area (Å²) in [6.45, 7) is 0. The van der Waals surface area contributed by atoms with Crippen LogP contribution in [0.1, 0.15) is 0 Å². The first kappa shape index (κ1) is 35.2. The Balaban J connectivity index is 0.967. The average molecular weight is 805 g/mol. The molecular formula is C58H36N4O. The van der Waals surface area contributed by atoms with Crippen LogP contribution in [0.2, 0.25) is 0 Å². The normalized spacial score (nSPS) is 11.8.